The van der Waals surface area contributed by atoms with Crippen LogP contribution in [0.5, 0.6) is 0 Å². The molecule has 2 rings (SSSR count). The SMILES string of the molecule is CC(C)(C)CC(C(=O)OCC(=O)OCC1OC(O)C2(C)CCCC12)C(C)(C)C. The van der Waals surface area contributed by atoms with Gasteiger partial charge >= 0.3 is 11.9 Å². The van der Waals surface area contributed by atoms with E-state index >= 15 is 0 Å². The molecule has 28 heavy (non-hydrogen) atoms. The third-order valence-electron chi connectivity index (χ3n) is 6.28. The topological polar surface area (TPSA) is 82.1 Å². The maximum Gasteiger partial charge on any atom is 0.344 e. The molecule has 0 spiro atoms. The molecule has 1 aliphatic heterocycles. The molecule has 1 heterocycles. The Labute approximate surface area is 169 Å². The van der Waals surface area contributed by atoms with Crippen LogP contribution in [0, 0.1) is 28.1 Å². The third-order valence-corrected chi connectivity index (χ3v) is 6.28. The first kappa shape index (κ1) is 23.1. The molecule has 1 aliphatic carbocycles. The van der Waals surface area contributed by atoms with Crippen LogP contribution in [0.1, 0.15) is 74.1 Å². The summed E-state index contributed by atoms with van der Waals surface area (Å²) in [6.07, 6.45) is 2.49. The molecular formula is C22H38O6. The highest BCUT2D eigenvalue weighted by atomic mass is 16.6. The molecule has 0 amide bonds. The fraction of sp³-hybridized carbons (Fsp3) is 0.909. The Morgan fingerprint density at radius 3 is 2.39 bits per heavy atom. The van der Waals surface area contributed by atoms with E-state index < -0.39 is 18.9 Å². The van der Waals surface area contributed by atoms with Gasteiger partial charge in [-0.25, -0.2) is 4.79 Å². The van der Waals surface area contributed by atoms with Crippen LogP contribution in [-0.4, -0.2) is 42.7 Å². The summed E-state index contributed by atoms with van der Waals surface area (Å²) in [5.74, 6) is -1.06. The fourth-order valence-corrected chi connectivity index (χ4v) is 4.51. The van der Waals surface area contributed by atoms with Gasteiger partial charge in [-0.1, -0.05) is 54.9 Å². The van der Waals surface area contributed by atoms with E-state index in [9.17, 15) is 14.7 Å². The summed E-state index contributed by atoms with van der Waals surface area (Å²) >= 11 is 0. The van der Waals surface area contributed by atoms with Crippen LogP contribution < -0.4 is 0 Å². The van der Waals surface area contributed by atoms with E-state index in [1.807, 2.05) is 27.7 Å². The molecule has 6 nitrogen and oxygen atoms in total. The summed E-state index contributed by atoms with van der Waals surface area (Å²) in [5, 5.41) is 10.2. The zero-order valence-corrected chi connectivity index (χ0v) is 18.5. The molecule has 6 heteroatoms. The summed E-state index contributed by atoms with van der Waals surface area (Å²) in [6.45, 7) is 14.0. The van der Waals surface area contributed by atoms with Gasteiger partial charge in [0.15, 0.2) is 12.9 Å². The molecule has 1 N–H and O–H groups in total. The lowest BCUT2D eigenvalue weighted by Gasteiger charge is -2.33. The van der Waals surface area contributed by atoms with Gasteiger partial charge in [-0.2, -0.15) is 0 Å². The standard InChI is InChI=1S/C22H38O6/c1-20(2,3)11-15(21(4,5)6)18(24)27-13-17(23)26-12-16-14-9-8-10-22(14,7)19(25)28-16/h14-16,19,25H,8-13H2,1-7H3. The van der Waals surface area contributed by atoms with Crippen molar-refractivity contribution in [1.29, 1.82) is 0 Å². The van der Waals surface area contributed by atoms with Crippen LogP contribution in [0.4, 0.5) is 0 Å². The first-order chi connectivity index (χ1) is 12.7. The Morgan fingerprint density at radius 2 is 1.82 bits per heavy atom. The molecule has 0 bridgehead atoms. The number of carbonyl (C=O) groups is 2. The maximum absolute atomic E-state index is 12.6. The zero-order valence-electron chi connectivity index (χ0n) is 18.5. The van der Waals surface area contributed by atoms with Crippen LogP contribution in [0.2, 0.25) is 0 Å². The van der Waals surface area contributed by atoms with E-state index in [1.165, 1.54) is 0 Å². The monoisotopic (exact) mass is 398 g/mol. The molecule has 2 aliphatic rings. The van der Waals surface area contributed by atoms with Gasteiger partial charge in [-0.05, 0) is 36.0 Å². The van der Waals surface area contributed by atoms with E-state index in [0.717, 1.165) is 19.3 Å². The quantitative estimate of drug-likeness (QED) is 0.687. The van der Waals surface area contributed by atoms with Crippen molar-refractivity contribution in [2.45, 2.75) is 86.5 Å². The van der Waals surface area contributed by atoms with Crippen molar-refractivity contribution in [3.63, 3.8) is 0 Å². The average Bonchev–Trinajstić information content (AvgIpc) is 3.04. The Morgan fingerprint density at radius 1 is 1.18 bits per heavy atom. The second-order valence-corrected chi connectivity index (χ2v) is 11.0. The van der Waals surface area contributed by atoms with Crippen LogP contribution in [-0.2, 0) is 23.8 Å². The van der Waals surface area contributed by atoms with E-state index in [2.05, 4.69) is 20.8 Å². The summed E-state index contributed by atoms with van der Waals surface area (Å²) < 4.78 is 16.2. The van der Waals surface area contributed by atoms with Gasteiger partial charge in [0.2, 0.25) is 0 Å². The molecule has 0 aromatic heterocycles. The minimum atomic E-state index is -0.813. The molecule has 0 aromatic carbocycles. The summed E-state index contributed by atoms with van der Waals surface area (Å²) in [6, 6.07) is 0. The van der Waals surface area contributed by atoms with Gasteiger partial charge in [0.1, 0.15) is 6.61 Å². The molecular weight excluding hydrogens is 360 g/mol. The largest absolute Gasteiger partial charge is 0.460 e. The number of aliphatic hydroxyl groups is 1. The molecule has 0 radical (unpaired) electrons. The summed E-state index contributed by atoms with van der Waals surface area (Å²) in [7, 11) is 0. The van der Waals surface area contributed by atoms with Crippen LogP contribution >= 0.6 is 0 Å². The van der Waals surface area contributed by atoms with Gasteiger partial charge in [0.05, 0.1) is 12.0 Å². The lowest BCUT2D eigenvalue weighted by molar-refractivity contribution is -0.170. The normalized spacial score (nSPS) is 31.4. The van der Waals surface area contributed by atoms with Crippen LogP contribution in [0.3, 0.4) is 0 Å². The Bertz CT molecular complexity index is 573. The summed E-state index contributed by atoms with van der Waals surface area (Å²) in [5.41, 5.74) is -0.530. The number of ether oxygens (including phenoxy) is 3. The number of aliphatic hydroxyl groups excluding tert-OH is 1. The molecule has 1 saturated heterocycles. The number of esters is 2. The van der Waals surface area contributed by atoms with Gasteiger partial charge in [-0.15, -0.1) is 0 Å². The van der Waals surface area contributed by atoms with Crippen molar-refractivity contribution in [3.8, 4) is 0 Å². The predicted octanol–water partition coefficient (Wildman–Crippen LogP) is 3.69. The smallest absolute Gasteiger partial charge is 0.344 e. The van der Waals surface area contributed by atoms with Crippen molar-refractivity contribution < 1.29 is 28.9 Å². The number of fused-ring (bicyclic) bond motifs is 1. The molecule has 2 fully saturated rings. The minimum Gasteiger partial charge on any atom is -0.460 e. The zero-order chi connectivity index (χ0) is 21.3. The second kappa shape index (κ2) is 8.31. The lowest BCUT2D eigenvalue weighted by Crippen LogP contribution is -2.35. The van der Waals surface area contributed by atoms with E-state index in [0.29, 0.717) is 6.42 Å². The highest BCUT2D eigenvalue weighted by Gasteiger charge is 2.55. The Hall–Kier alpha value is -1.14. The first-order valence-corrected chi connectivity index (χ1v) is 10.4. The fourth-order valence-electron chi connectivity index (χ4n) is 4.51. The third kappa shape index (κ3) is 5.47. The van der Waals surface area contributed by atoms with E-state index in [4.69, 9.17) is 14.2 Å². The van der Waals surface area contributed by atoms with E-state index in [1.54, 1.807) is 0 Å². The number of hydrogen-bond acceptors (Lipinski definition) is 6. The van der Waals surface area contributed by atoms with Gasteiger partial charge in [0.25, 0.3) is 0 Å². The first-order valence-electron chi connectivity index (χ1n) is 10.4. The highest BCUT2D eigenvalue weighted by Crippen LogP contribution is 2.53. The molecule has 162 valence electrons. The van der Waals surface area contributed by atoms with Gasteiger partial charge in [0, 0.05) is 5.41 Å². The maximum atomic E-state index is 12.6. The molecule has 5 atom stereocenters. The average molecular weight is 399 g/mol. The Balaban J connectivity index is 1.82. The molecule has 0 aromatic rings. The predicted molar refractivity (Wildman–Crippen MR) is 105 cm³/mol. The van der Waals surface area contributed by atoms with E-state index in [-0.39, 0.29) is 46.8 Å². The Kier molecular flexibility index (Phi) is 6.87. The molecule has 1 saturated carbocycles. The highest BCUT2D eigenvalue weighted by molar-refractivity contribution is 5.78. The van der Waals surface area contributed by atoms with Crippen molar-refractivity contribution in [2.24, 2.45) is 28.1 Å². The van der Waals surface area contributed by atoms with Crippen molar-refractivity contribution in [3.05, 3.63) is 0 Å². The second-order valence-electron chi connectivity index (χ2n) is 11.0. The van der Waals surface area contributed by atoms with Gasteiger partial charge < -0.3 is 19.3 Å². The van der Waals surface area contributed by atoms with Crippen LogP contribution in [0.15, 0.2) is 0 Å². The van der Waals surface area contributed by atoms with Crippen molar-refractivity contribution in [2.75, 3.05) is 13.2 Å². The van der Waals surface area contributed by atoms with Crippen molar-refractivity contribution in [1.82, 2.24) is 0 Å². The minimum absolute atomic E-state index is 0.0218. The number of carbonyl (C=O) groups excluding carboxylic acids is 2. The van der Waals surface area contributed by atoms with Crippen molar-refractivity contribution >= 4 is 11.9 Å². The van der Waals surface area contributed by atoms with Gasteiger partial charge in [-0.3, -0.25) is 4.79 Å². The lowest BCUT2D eigenvalue weighted by atomic mass is 9.72. The van der Waals surface area contributed by atoms with Crippen LogP contribution in [0.25, 0.3) is 0 Å². The number of hydrogen-bond donors (Lipinski definition) is 1. The number of rotatable bonds is 6. The summed E-state index contributed by atoms with van der Waals surface area (Å²) in [4.78, 5) is 24.7. The molecule has 5 unspecified atom stereocenters.